The summed E-state index contributed by atoms with van der Waals surface area (Å²) in [6.45, 7) is -0.560. The van der Waals surface area contributed by atoms with Gasteiger partial charge in [0.2, 0.25) is 0 Å². The Bertz CT molecular complexity index is 796. The Morgan fingerprint density at radius 3 is 2.29 bits per heavy atom. The van der Waals surface area contributed by atoms with Crippen molar-refractivity contribution in [3.8, 4) is 0 Å². The van der Waals surface area contributed by atoms with Crippen molar-refractivity contribution in [2.24, 2.45) is 0 Å². The molecule has 0 amide bonds. The zero-order chi connectivity index (χ0) is 17.7. The minimum atomic E-state index is -2.81. The second kappa shape index (κ2) is 8.91. The first-order valence-electron chi connectivity index (χ1n) is 6.86. The van der Waals surface area contributed by atoms with Gasteiger partial charge in [-0.2, -0.15) is 0 Å². The Morgan fingerprint density at radius 1 is 1.08 bits per heavy atom. The molecule has 0 saturated heterocycles. The second-order valence-electron chi connectivity index (χ2n) is 4.56. The lowest BCUT2D eigenvalue weighted by Crippen LogP contribution is -2.09. The van der Waals surface area contributed by atoms with Gasteiger partial charge in [0.15, 0.2) is 0 Å². The third-order valence-electron chi connectivity index (χ3n) is 2.96. The molecule has 0 saturated carbocycles. The lowest BCUT2D eigenvalue weighted by Gasteiger charge is -2.24. The van der Waals surface area contributed by atoms with Crippen LogP contribution in [0.4, 0.5) is 0 Å². The number of hydrogen-bond acceptors (Lipinski definition) is 3. The van der Waals surface area contributed by atoms with Gasteiger partial charge in [0, 0.05) is 16.4 Å². The van der Waals surface area contributed by atoms with Crippen molar-refractivity contribution in [2.75, 3.05) is 6.61 Å². The summed E-state index contributed by atoms with van der Waals surface area (Å²) in [5.41, 5.74) is 1.75. The van der Waals surface area contributed by atoms with E-state index in [0.717, 1.165) is 5.30 Å². The van der Waals surface area contributed by atoms with E-state index in [4.69, 9.17) is 67.3 Å². The van der Waals surface area contributed by atoms with E-state index >= 15 is 0 Å². The highest BCUT2D eigenvalue weighted by molar-refractivity contribution is 8.13. The van der Waals surface area contributed by atoms with Crippen LogP contribution < -0.4 is 5.30 Å². The normalized spacial score (nSPS) is 14.3. The Labute approximate surface area is 166 Å². The molecule has 2 nitrogen and oxygen atoms in total. The fourth-order valence-electron chi connectivity index (χ4n) is 1.90. The first-order valence-corrected chi connectivity index (χ1v) is 11.1. The monoisotopic (exact) mass is 440 g/mol. The van der Waals surface area contributed by atoms with Crippen LogP contribution >= 0.6 is 52.9 Å². The van der Waals surface area contributed by atoms with E-state index in [1.54, 1.807) is 6.07 Å². The molecule has 24 heavy (non-hydrogen) atoms. The van der Waals surface area contributed by atoms with E-state index in [1.807, 2.05) is 37.3 Å². The number of hydrogen-bond donors (Lipinski definition) is 0. The number of rotatable bonds is 6. The van der Waals surface area contributed by atoms with Crippen molar-refractivity contribution in [3.05, 3.63) is 68.6 Å². The summed E-state index contributed by atoms with van der Waals surface area (Å²) in [5, 5.41) is 1.79. The SMILES string of the molecule is CCOP(=S)(O/C(=C/Cl)c1cc(Cl)c(Cl)cc1Cl)c1ccccc1. The molecule has 2 aromatic rings. The molecule has 0 aliphatic rings. The van der Waals surface area contributed by atoms with Gasteiger partial charge in [-0.25, -0.2) is 0 Å². The number of halogens is 4. The molecule has 128 valence electrons. The summed E-state index contributed by atoms with van der Waals surface area (Å²) in [6, 6.07) is 12.5. The van der Waals surface area contributed by atoms with Crippen LogP contribution in [0.25, 0.3) is 5.76 Å². The second-order valence-corrected chi connectivity index (χ2v) is 9.40. The van der Waals surface area contributed by atoms with Gasteiger partial charge in [-0.15, -0.1) is 0 Å². The Hall–Kier alpha value is -0.250. The van der Waals surface area contributed by atoms with E-state index in [-0.39, 0.29) is 5.76 Å². The van der Waals surface area contributed by atoms with E-state index in [1.165, 1.54) is 11.6 Å². The topological polar surface area (TPSA) is 18.5 Å². The predicted molar refractivity (Wildman–Crippen MR) is 108 cm³/mol. The van der Waals surface area contributed by atoms with E-state index in [9.17, 15) is 0 Å². The summed E-state index contributed by atoms with van der Waals surface area (Å²) < 4.78 is 11.8. The van der Waals surface area contributed by atoms with Gasteiger partial charge in [-0.05, 0) is 43.0 Å². The molecule has 0 N–H and O–H groups in total. The minimum Gasteiger partial charge on any atom is -0.439 e. The third-order valence-corrected chi connectivity index (χ3v) is 7.34. The predicted octanol–water partition coefficient (Wildman–Crippen LogP) is 6.87. The minimum absolute atomic E-state index is 0.279. The molecule has 0 aromatic heterocycles. The summed E-state index contributed by atoms with van der Waals surface area (Å²) in [6.07, 6.45) is 0. The molecule has 1 atom stereocenters. The molecule has 0 heterocycles. The highest BCUT2D eigenvalue weighted by Gasteiger charge is 2.26. The average molecular weight is 442 g/mol. The Balaban J connectivity index is 2.45. The van der Waals surface area contributed by atoms with Gasteiger partial charge in [0.1, 0.15) is 5.76 Å². The summed E-state index contributed by atoms with van der Waals surface area (Å²) >= 11 is 29.9. The van der Waals surface area contributed by atoms with Crippen LogP contribution in [0.5, 0.6) is 0 Å². The zero-order valence-electron chi connectivity index (χ0n) is 12.5. The van der Waals surface area contributed by atoms with Crippen molar-refractivity contribution in [1.82, 2.24) is 0 Å². The Kier molecular flexibility index (Phi) is 7.45. The third kappa shape index (κ3) is 4.68. The van der Waals surface area contributed by atoms with Gasteiger partial charge < -0.3 is 9.05 Å². The maximum absolute atomic E-state index is 6.24. The maximum atomic E-state index is 6.24. The van der Waals surface area contributed by atoms with Crippen LogP contribution in [0.2, 0.25) is 15.1 Å². The smallest absolute Gasteiger partial charge is 0.269 e. The van der Waals surface area contributed by atoms with Crippen LogP contribution in [0.3, 0.4) is 0 Å². The molecular formula is C16H13Cl4O2PS. The molecule has 2 aromatic carbocycles. The Morgan fingerprint density at radius 2 is 1.71 bits per heavy atom. The molecule has 2 rings (SSSR count). The van der Waals surface area contributed by atoms with E-state index in [0.29, 0.717) is 27.2 Å². The molecule has 8 heteroatoms. The first-order chi connectivity index (χ1) is 11.4. The molecule has 1 unspecified atom stereocenters. The molecule has 0 fully saturated rings. The molecule has 0 radical (unpaired) electrons. The van der Waals surface area contributed by atoms with Crippen LogP contribution in [0.15, 0.2) is 48.0 Å². The van der Waals surface area contributed by atoms with Crippen LogP contribution in [0.1, 0.15) is 12.5 Å². The highest BCUT2D eigenvalue weighted by Crippen LogP contribution is 2.52. The first kappa shape index (κ1) is 20.1. The summed E-state index contributed by atoms with van der Waals surface area (Å²) in [4.78, 5) is 0. The van der Waals surface area contributed by atoms with Crippen molar-refractivity contribution >= 4 is 75.8 Å². The fraction of sp³-hybridized carbons (Fsp3) is 0.125. The van der Waals surface area contributed by atoms with Crippen molar-refractivity contribution in [1.29, 1.82) is 0 Å². The average Bonchev–Trinajstić information content (AvgIpc) is 2.57. The summed E-state index contributed by atoms with van der Waals surface area (Å²) in [5.74, 6) is 0.279. The molecular weight excluding hydrogens is 429 g/mol. The van der Waals surface area contributed by atoms with Crippen LogP contribution in [0, 0.1) is 0 Å². The standard InChI is InChI=1S/C16H13Cl4O2PS/c1-2-21-23(24,11-6-4-3-5-7-11)22-16(10-17)12-8-14(19)15(20)9-13(12)18/h3-10H,2H2,1H3/b16-10+. The largest absolute Gasteiger partial charge is 0.439 e. The zero-order valence-corrected chi connectivity index (χ0v) is 17.2. The summed E-state index contributed by atoms with van der Waals surface area (Å²) in [7, 11) is 0. The number of benzene rings is 2. The van der Waals surface area contributed by atoms with Crippen LogP contribution in [-0.2, 0) is 20.9 Å². The van der Waals surface area contributed by atoms with Crippen molar-refractivity contribution in [3.63, 3.8) is 0 Å². The quantitative estimate of drug-likeness (QED) is 0.276. The van der Waals surface area contributed by atoms with Gasteiger partial charge >= 0.3 is 0 Å². The van der Waals surface area contributed by atoms with Crippen molar-refractivity contribution < 1.29 is 9.05 Å². The highest BCUT2D eigenvalue weighted by atomic mass is 35.5. The van der Waals surface area contributed by atoms with Gasteiger partial charge in [-0.3, -0.25) is 0 Å². The molecule has 0 aliphatic heterocycles. The maximum Gasteiger partial charge on any atom is 0.269 e. The van der Waals surface area contributed by atoms with Gasteiger partial charge in [-0.1, -0.05) is 64.6 Å². The molecule has 0 spiro atoms. The van der Waals surface area contributed by atoms with Gasteiger partial charge in [0.25, 0.3) is 6.49 Å². The lowest BCUT2D eigenvalue weighted by molar-refractivity contribution is 0.330. The molecule has 0 aliphatic carbocycles. The lowest BCUT2D eigenvalue weighted by atomic mass is 10.2. The molecule has 0 bridgehead atoms. The van der Waals surface area contributed by atoms with Gasteiger partial charge in [0.05, 0.1) is 21.7 Å². The van der Waals surface area contributed by atoms with Crippen LogP contribution in [-0.4, -0.2) is 6.61 Å². The van der Waals surface area contributed by atoms with E-state index < -0.39 is 6.49 Å². The van der Waals surface area contributed by atoms with Crippen molar-refractivity contribution in [2.45, 2.75) is 6.92 Å². The van der Waals surface area contributed by atoms with E-state index in [2.05, 4.69) is 0 Å². The fourth-order valence-corrected chi connectivity index (χ4v) is 5.28.